The second-order valence-corrected chi connectivity index (χ2v) is 9.74. The van der Waals surface area contributed by atoms with Crippen LogP contribution in [0.4, 0.5) is 0 Å². The Morgan fingerprint density at radius 2 is 1.82 bits per heavy atom. The van der Waals surface area contributed by atoms with Crippen molar-refractivity contribution in [3.8, 4) is 0 Å². The van der Waals surface area contributed by atoms with Crippen molar-refractivity contribution in [3.63, 3.8) is 0 Å². The molecule has 5 rings (SSSR count). The molecule has 2 atom stereocenters. The summed E-state index contributed by atoms with van der Waals surface area (Å²) in [7, 11) is 0. The van der Waals surface area contributed by atoms with Gasteiger partial charge in [-0.1, -0.05) is 6.07 Å². The zero-order chi connectivity index (χ0) is 23.2. The lowest BCUT2D eigenvalue weighted by atomic mass is 9.71. The fourth-order valence-corrected chi connectivity index (χ4v) is 5.97. The molecule has 9 heteroatoms. The number of nitrogens with zero attached hydrogens (tertiary/aromatic N) is 2. The summed E-state index contributed by atoms with van der Waals surface area (Å²) in [6.45, 7) is 4.81. The van der Waals surface area contributed by atoms with Gasteiger partial charge >= 0.3 is 0 Å². The molecule has 0 saturated carbocycles. The molecule has 0 spiro atoms. The molecule has 176 valence electrons. The Morgan fingerprint density at radius 3 is 2.55 bits per heavy atom. The first kappa shape index (κ1) is 22.2. The van der Waals surface area contributed by atoms with Crippen molar-refractivity contribution < 1.29 is 23.9 Å². The van der Waals surface area contributed by atoms with Gasteiger partial charge in [0, 0.05) is 32.7 Å². The van der Waals surface area contributed by atoms with Crippen LogP contribution in [0.5, 0.6) is 0 Å². The van der Waals surface area contributed by atoms with Gasteiger partial charge in [0.2, 0.25) is 11.8 Å². The Bertz CT molecular complexity index is 1000. The number of amides is 4. The minimum atomic E-state index is -0.943. The van der Waals surface area contributed by atoms with Crippen LogP contribution in [0.2, 0.25) is 0 Å². The van der Waals surface area contributed by atoms with Crippen LogP contribution in [0.1, 0.15) is 58.4 Å². The number of hydrogen-bond acceptors (Lipinski definition) is 7. The maximum absolute atomic E-state index is 13.1. The van der Waals surface area contributed by atoms with E-state index in [9.17, 15) is 19.2 Å². The number of carbonyl (C=O) groups is 4. The van der Waals surface area contributed by atoms with Gasteiger partial charge in [-0.3, -0.25) is 34.3 Å². The van der Waals surface area contributed by atoms with Crippen LogP contribution >= 0.6 is 0 Å². The highest BCUT2D eigenvalue weighted by Crippen LogP contribution is 2.42. The second-order valence-electron chi connectivity index (χ2n) is 9.74. The third-order valence-corrected chi connectivity index (χ3v) is 7.87. The fourth-order valence-electron chi connectivity index (χ4n) is 5.97. The van der Waals surface area contributed by atoms with Crippen molar-refractivity contribution in [1.29, 1.82) is 0 Å². The van der Waals surface area contributed by atoms with E-state index in [0.717, 1.165) is 56.0 Å². The summed E-state index contributed by atoms with van der Waals surface area (Å²) < 4.78 is 5.54. The number of rotatable bonds is 5. The normalized spacial score (nSPS) is 29.0. The molecule has 1 aromatic rings. The molecule has 33 heavy (non-hydrogen) atoms. The smallest absolute Gasteiger partial charge is 0.262 e. The van der Waals surface area contributed by atoms with Crippen LogP contribution in [-0.2, 0) is 20.9 Å². The number of likely N-dealkylation sites (tertiary alicyclic amines) is 1. The Morgan fingerprint density at radius 1 is 1.06 bits per heavy atom. The molecule has 3 saturated heterocycles. The zero-order valence-electron chi connectivity index (χ0n) is 18.7. The molecule has 2 unspecified atom stereocenters. The Balaban J connectivity index is 1.30. The monoisotopic (exact) mass is 454 g/mol. The summed E-state index contributed by atoms with van der Waals surface area (Å²) in [6.07, 6.45) is 3.43. The molecule has 4 heterocycles. The van der Waals surface area contributed by atoms with Gasteiger partial charge < -0.3 is 10.5 Å². The van der Waals surface area contributed by atoms with E-state index in [1.807, 2.05) is 6.07 Å². The number of imide groups is 2. The fraction of sp³-hybridized carbons (Fsp3) is 0.583. The van der Waals surface area contributed by atoms with Gasteiger partial charge in [-0.15, -0.1) is 0 Å². The first-order valence-corrected chi connectivity index (χ1v) is 11.8. The summed E-state index contributed by atoms with van der Waals surface area (Å²) in [5.41, 5.74) is 7.97. The number of ether oxygens (including phenoxy) is 1. The molecule has 4 aliphatic rings. The summed E-state index contributed by atoms with van der Waals surface area (Å²) in [6, 6.07) is 4.40. The van der Waals surface area contributed by atoms with Gasteiger partial charge in [0.05, 0.1) is 11.1 Å². The van der Waals surface area contributed by atoms with E-state index in [-0.39, 0.29) is 24.2 Å². The molecular weight excluding hydrogens is 424 g/mol. The predicted molar refractivity (Wildman–Crippen MR) is 118 cm³/mol. The Kier molecular flexibility index (Phi) is 5.80. The zero-order valence-corrected chi connectivity index (χ0v) is 18.7. The first-order valence-electron chi connectivity index (χ1n) is 11.8. The standard InChI is InChI=1S/C24H30N4O5/c25-13-24(16-5-9-33-10-6-16)7-8-27(14-24)12-15-1-2-17-18(11-15)23(32)28(22(17)31)19-3-4-20(29)26-21(19)30/h1-2,11,16,19H,3-10,12-14,25H2,(H,26,29,30). The average molecular weight is 455 g/mol. The highest BCUT2D eigenvalue weighted by molar-refractivity contribution is 6.23. The maximum Gasteiger partial charge on any atom is 0.262 e. The third kappa shape index (κ3) is 3.88. The van der Waals surface area contributed by atoms with Gasteiger partial charge in [-0.25, -0.2) is 0 Å². The molecule has 0 bridgehead atoms. The van der Waals surface area contributed by atoms with Crippen molar-refractivity contribution >= 4 is 23.6 Å². The average Bonchev–Trinajstić information content (AvgIpc) is 3.34. The van der Waals surface area contributed by atoms with Crippen LogP contribution < -0.4 is 11.1 Å². The van der Waals surface area contributed by atoms with Gasteiger partial charge in [-0.05, 0) is 67.8 Å². The topological polar surface area (TPSA) is 122 Å². The number of fused-ring (bicyclic) bond motifs is 1. The quantitative estimate of drug-likeness (QED) is 0.627. The molecule has 3 N–H and O–H groups in total. The molecule has 4 amide bonds. The van der Waals surface area contributed by atoms with E-state index < -0.39 is 23.8 Å². The van der Waals surface area contributed by atoms with Crippen LogP contribution in [0.15, 0.2) is 18.2 Å². The van der Waals surface area contributed by atoms with Crippen LogP contribution in [0.25, 0.3) is 0 Å². The molecular formula is C24H30N4O5. The van der Waals surface area contributed by atoms with E-state index in [4.69, 9.17) is 10.5 Å². The summed E-state index contributed by atoms with van der Waals surface area (Å²) in [5, 5.41) is 2.23. The van der Waals surface area contributed by atoms with Crippen molar-refractivity contribution in [2.75, 3.05) is 32.8 Å². The largest absolute Gasteiger partial charge is 0.381 e. The van der Waals surface area contributed by atoms with Gasteiger partial charge in [0.1, 0.15) is 6.04 Å². The van der Waals surface area contributed by atoms with E-state index in [2.05, 4.69) is 10.2 Å². The second kappa shape index (κ2) is 8.62. The molecule has 9 nitrogen and oxygen atoms in total. The number of carbonyl (C=O) groups excluding carboxylic acids is 4. The van der Waals surface area contributed by atoms with E-state index >= 15 is 0 Å². The SMILES string of the molecule is NCC1(C2CCOCC2)CCN(Cc2ccc3c(c2)C(=O)N(C2CCC(=O)NC2=O)C3=O)C1. The Hall–Kier alpha value is -2.62. The van der Waals surface area contributed by atoms with Crippen LogP contribution in [-0.4, -0.2) is 72.3 Å². The number of benzene rings is 1. The highest BCUT2D eigenvalue weighted by Gasteiger charge is 2.46. The molecule has 0 aromatic heterocycles. The minimum Gasteiger partial charge on any atom is -0.381 e. The molecule has 0 radical (unpaired) electrons. The number of piperidine rings is 1. The maximum atomic E-state index is 13.1. The number of hydrogen-bond donors (Lipinski definition) is 2. The third-order valence-electron chi connectivity index (χ3n) is 7.87. The van der Waals surface area contributed by atoms with Crippen molar-refractivity contribution in [2.45, 2.75) is 44.7 Å². The minimum absolute atomic E-state index is 0.106. The molecule has 0 aliphatic carbocycles. The number of nitrogens with two attached hydrogens (primary N) is 1. The van der Waals surface area contributed by atoms with Gasteiger partial charge in [-0.2, -0.15) is 0 Å². The van der Waals surface area contributed by atoms with Crippen molar-refractivity contribution in [3.05, 3.63) is 34.9 Å². The lowest BCUT2D eigenvalue weighted by molar-refractivity contribution is -0.136. The molecule has 1 aromatic carbocycles. The first-order chi connectivity index (χ1) is 15.9. The number of nitrogens with one attached hydrogen (secondary N) is 1. The molecule has 4 aliphatic heterocycles. The van der Waals surface area contributed by atoms with Gasteiger partial charge in [0.25, 0.3) is 11.8 Å². The van der Waals surface area contributed by atoms with Crippen LogP contribution in [0.3, 0.4) is 0 Å². The van der Waals surface area contributed by atoms with E-state index in [0.29, 0.717) is 30.1 Å². The Labute approximate surface area is 192 Å². The summed E-state index contributed by atoms with van der Waals surface area (Å²) >= 11 is 0. The van der Waals surface area contributed by atoms with E-state index in [1.165, 1.54) is 0 Å². The van der Waals surface area contributed by atoms with Crippen molar-refractivity contribution in [1.82, 2.24) is 15.1 Å². The lowest BCUT2D eigenvalue weighted by Crippen LogP contribution is -2.54. The van der Waals surface area contributed by atoms with Crippen molar-refractivity contribution in [2.24, 2.45) is 17.1 Å². The molecule has 3 fully saturated rings. The summed E-state index contributed by atoms with van der Waals surface area (Å²) in [5.74, 6) is -1.34. The van der Waals surface area contributed by atoms with Crippen LogP contribution in [0, 0.1) is 11.3 Å². The summed E-state index contributed by atoms with van der Waals surface area (Å²) in [4.78, 5) is 53.1. The highest BCUT2D eigenvalue weighted by atomic mass is 16.5. The van der Waals surface area contributed by atoms with E-state index in [1.54, 1.807) is 12.1 Å². The van der Waals surface area contributed by atoms with Gasteiger partial charge in [0.15, 0.2) is 0 Å². The predicted octanol–water partition coefficient (Wildman–Crippen LogP) is 0.665. The lowest BCUT2D eigenvalue weighted by Gasteiger charge is -2.39.